The van der Waals surface area contributed by atoms with E-state index in [1.807, 2.05) is 0 Å². The zero-order valence-corrected chi connectivity index (χ0v) is 9.81. The van der Waals surface area contributed by atoms with Crippen LogP contribution in [0.2, 0.25) is 0 Å². The van der Waals surface area contributed by atoms with Gasteiger partial charge >= 0.3 is 0 Å². The Labute approximate surface area is 101 Å². The van der Waals surface area contributed by atoms with Crippen molar-refractivity contribution in [2.45, 2.75) is 12.5 Å². The smallest absolute Gasteiger partial charge is 0.123 e. The van der Waals surface area contributed by atoms with Gasteiger partial charge in [-0.2, -0.15) is 0 Å². The summed E-state index contributed by atoms with van der Waals surface area (Å²) in [7, 11) is 0. The van der Waals surface area contributed by atoms with Crippen LogP contribution in [0.3, 0.4) is 0 Å². The van der Waals surface area contributed by atoms with E-state index in [0.29, 0.717) is 13.2 Å². The molecule has 1 aromatic rings. The molecule has 0 aliphatic carbocycles. The highest BCUT2D eigenvalue weighted by Gasteiger charge is 2.20. The summed E-state index contributed by atoms with van der Waals surface area (Å²) in [5.74, 6) is -0.208. The average Bonchev–Trinajstić information content (AvgIpc) is 2.33. The second kappa shape index (κ2) is 6.10. The summed E-state index contributed by atoms with van der Waals surface area (Å²) in [5.41, 5.74) is 1.09. The molecule has 1 aliphatic heterocycles. The van der Waals surface area contributed by atoms with Crippen LogP contribution in [0.25, 0.3) is 0 Å². The molecule has 0 aromatic heterocycles. The third-order valence-electron chi connectivity index (χ3n) is 3.02. The molecule has 4 heteroatoms. The molecular weight excluding hydrogens is 221 g/mol. The van der Waals surface area contributed by atoms with Gasteiger partial charge in [0.25, 0.3) is 0 Å². The molecule has 0 amide bonds. The topological polar surface area (TPSA) is 32.7 Å². The molecule has 0 bridgehead atoms. The van der Waals surface area contributed by atoms with Gasteiger partial charge in [-0.05, 0) is 24.1 Å². The van der Waals surface area contributed by atoms with Gasteiger partial charge in [-0.3, -0.25) is 4.90 Å². The van der Waals surface area contributed by atoms with Crippen LogP contribution in [-0.2, 0) is 11.2 Å². The number of nitrogens with zero attached hydrogens (tertiary/aromatic N) is 1. The van der Waals surface area contributed by atoms with Gasteiger partial charge in [0.15, 0.2) is 0 Å². The highest BCUT2D eigenvalue weighted by atomic mass is 19.1. The Morgan fingerprint density at radius 1 is 1.35 bits per heavy atom. The molecule has 3 nitrogen and oxygen atoms in total. The predicted octanol–water partition coefficient (Wildman–Crippen LogP) is 1.06. The lowest BCUT2D eigenvalue weighted by Gasteiger charge is -2.32. The fourth-order valence-corrected chi connectivity index (χ4v) is 2.13. The molecular formula is C13H18FNO2. The van der Waals surface area contributed by atoms with Crippen molar-refractivity contribution in [2.75, 3.05) is 32.8 Å². The lowest BCUT2D eigenvalue weighted by Crippen LogP contribution is -2.44. The normalized spacial score (nSPS) is 21.6. The molecule has 0 unspecified atom stereocenters. The van der Waals surface area contributed by atoms with Crippen LogP contribution >= 0.6 is 0 Å². The molecule has 1 saturated heterocycles. The Morgan fingerprint density at radius 2 is 2.12 bits per heavy atom. The summed E-state index contributed by atoms with van der Waals surface area (Å²) < 4.78 is 18.4. The van der Waals surface area contributed by atoms with E-state index < -0.39 is 0 Å². The number of hydrogen-bond acceptors (Lipinski definition) is 3. The fourth-order valence-electron chi connectivity index (χ4n) is 2.13. The van der Waals surface area contributed by atoms with Gasteiger partial charge in [0.05, 0.1) is 19.3 Å². The molecule has 1 N–H and O–H groups in total. The predicted molar refractivity (Wildman–Crippen MR) is 63.4 cm³/mol. The number of hydrogen-bond donors (Lipinski definition) is 1. The van der Waals surface area contributed by atoms with Crippen LogP contribution < -0.4 is 0 Å². The van der Waals surface area contributed by atoms with Crippen molar-refractivity contribution in [1.29, 1.82) is 0 Å². The van der Waals surface area contributed by atoms with Crippen molar-refractivity contribution in [3.8, 4) is 0 Å². The van der Waals surface area contributed by atoms with Gasteiger partial charge in [0.2, 0.25) is 0 Å². The molecule has 0 radical (unpaired) electrons. The number of ether oxygens (including phenoxy) is 1. The maximum atomic E-state index is 12.8. The van der Waals surface area contributed by atoms with E-state index in [1.165, 1.54) is 12.1 Å². The molecule has 1 aliphatic rings. The van der Waals surface area contributed by atoms with Gasteiger partial charge < -0.3 is 9.84 Å². The Hall–Kier alpha value is -0.970. The molecule has 17 heavy (non-hydrogen) atoms. The van der Waals surface area contributed by atoms with E-state index in [4.69, 9.17) is 9.84 Å². The first-order chi connectivity index (χ1) is 8.28. The van der Waals surface area contributed by atoms with E-state index >= 15 is 0 Å². The number of aliphatic hydroxyl groups excluding tert-OH is 1. The Morgan fingerprint density at radius 3 is 2.82 bits per heavy atom. The van der Waals surface area contributed by atoms with E-state index in [-0.39, 0.29) is 18.5 Å². The van der Waals surface area contributed by atoms with Gasteiger partial charge in [-0.1, -0.05) is 12.1 Å². The average molecular weight is 239 g/mol. The number of morpholine rings is 1. The van der Waals surface area contributed by atoms with Gasteiger partial charge in [-0.25, -0.2) is 4.39 Å². The van der Waals surface area contributed by atoms with E-state index in [9.17, 15) is 4.39 Å². The third kappa shape index (κ3) is 3.77. The summed E-state index contributed by atoms with van der Waals surface area (Å²) in [6.45, 7) is 3.29. The van der Waals surface area contributed by atoms with Crippen LogP contribution in [0.15, 0.2) is 24.3 Å². The molecule has 94 valence electrons. The summed E-state index contributed by atoms with van der Waals surface area (Å²) in [6.07, 6.45) is 0.933. The van der Waals surface area contributed by atoms with Crippen LogP contribution in [0.5, 0.6) is 0 Å². The minimum absolute atomic E-state index is 0.140. The number of benzene rings is 1. The third-order valence-corrected chi connectivity index (χ3v) is 3.02. The number of β-amino-alcohol motifs (C(OH)–C–C–N with tert-alkyl or cyclic N) is 1. The van der Waals surface area contributed by atoms with Crippen LogP contribution in [-0.4, -0.2) is 49.0 Å². The molecule has 2 rings (SSSR count). The molecule has 1 atom stereocenters. The van der Waals surface area contributed by atoms with Crippen molar-refractivity contribution in [3.63, 3.8) is 0 Å². The van der Waals surface area contributed by atoms with Gasteiger partial charge in [0.1, 0.15) is 5.82 Å². The van der Waals surface area contributed by atoms with Crippen molar-refractivity contribution in [2.24, 2.45) is 0 Å². The first-order valence-electron chi connectivity index (χ1n) is 5.97. The highest BCUT2D eigenvalue weighted by Crippen LogP contribution is 2.12. The van der Waals surface area contributed by atoms with Gasteiger partial charge in [-0.15, -0.1) is 0 Å². The van der Waals surface area contributed by atoms with E-state index in [0.717, 1.165) is 25.1 Å². The van der Waals surface area contributed by atoms with Crippen molar-refractivity contribution in [1.82, 2.24) is 4.90 Å². The second-order valence-corrected chi connectivity index (χ2v) is 4.35. The van der Waals surface area contributed by atoms with Crippen LogP contribution in [0.1, 0.15) is 5.56 Å². The molecule has 1 heterocycles. The second-order valence-electron chi connectivity index (χ2n) is 4.35. The Bertz CT molecular complexity index is 340. The van der Waals surface area contributed by atoms with Crippen LogP contribution in [0, 0.1) is 5.82 Å². The minimum Gasteiger partial charge on any atom is -0.395 e. The fraction of sp³-hybridized carbons (Fsp3) is 0.538. The number of rotatable bonds is 4. The SMILES string of the molecule is OCCN1CCO[C@H](Cc2ccc(F)cc2)C1. The minimum atomic E-state index is -0.208. The standard InChI is InChI=1S/C13H18FNO2/c14-12-3-1-11(2-4-12)9-13-10-15(5-7-16)6-8-17-13/h1-4,13,16H,5-10H2/t13-/m1/s1. The molecule has 0 saturated carbocycles. The summed E-state index contributed by atoms with van der Waals surface area (Å²) in [6, 6.07) is 6.54. The van der Waals surface area contributed by atoms with Crippen molar-refractivity contribution < 1.29 is 14.2 Å². The largest absolute Gasteiger partial charge is 0.395 e. The summed E-state index contributed by atoms with van der Waals surface area (Å²) in [5, 5.41) is 8.90. The molecule has 0 spiro atoms. The first kappa shape index (κ1) is 12.5. The zero-order chi connectivity index (χ0) is 12.1. The van der Waals surface area contributed by atoms with Gasteiger partial charge in [0, 0.05) is 19.6 Å². The zero-order valence-electron chi connectivity index (χ0n) is 9.81. The quantitative estimate of drug-likeness (QED) is 0.853. The van der Waals surface area contributed by atoms with Crippen molar-refractivity contribution >= 4 is 0 Å². The molecule has 1 aromatic carbocycles. The number of aliphatic hydroxyl groups is 1. The van der Waals surface area contributed by atoms with Crippen LogP contribution in [0.4, 0.5) is 4.39 Å². The van der Waals surface area contributed by atoms with E-state index in [1.54, 1.807) is 12.1 Å². The lowest BCUT2D eigenvalue weighted by molar-refractivity contribution is -0.0313. The Kier molecular flexibility index (Phi) is 4.48. The monoisotopic (exact) mass is 239 g/mol. The molecule has 1 fully saturated rings. The lowest BCUT2D eigenvalue weighted by atomic mass is 10.1. The summed E-state index contributed by atoms with van der Waals surface area (Å²) >= 11 is 0. The maximum Gasteiger partial charge on any atom is 0.123 e. The van der Waals surface area contributed by atoms with Crippen molar-refractivity contribution in [3.05, 3.63) is 35.6 Å². The Balaban J connectivity index is 1.87. The van der Waals surface area contributed by atoms with E-state index in [2.05, 4.69) is 4.90 Å². The first-order valence-corrected chi connectivity index (χ1v) is 5.97. The maximum absolute atomic E-state index is 12.8. The summed E-state index contributed by atoms with van der Waals surface area (Å²) in [4.78, 5) is 2.19. The highest BCUT2D eigenvalue weighted by molar-refractivity contribution is 5.17. The number of halogens is 1.